The van der Waals surface area contributed by atoms with Crippen LogP contribution in [0.5, 0.6) is 0 Å². The SMILES string of the molecule is CCc1ccc2c(c1)c1c(n2CCc2cccc(F)c2)CC(C)N(C)C1. The number of hydrogen-bond acceptors (Lipinski definition) is 1. The Morgan fingerprint density at radius 1 is 1.12 bits per heavy atom. The summed E-state index contributed by atoms with van der Waals surface area (Å²) in [5.74, 6) is -0.148. The summed E-state index contributed by atoms with van der Waals surface area (Å²) >= 11 is 0. The lowest BCUT2D eigenvalue weighted by molar-refractivity contribution is 0.228. The second-order valence-electron chi connectivity index (χ2n) is 7.63. The fourth-order valence-electron chi connectivity index (χ4n) is 4.18. The molecule has 3 aromatic rings. The first kappa shape index (κ1) is 17.3. The highest BCUT2D eigenvalue weighted by atomic mass is 19.1. The fraction of sp³-hybridized carbons (Fsp3) is 0.391. The van der Waals surface area contributed by atoms with Crippen molar-refractivity contribution in [2.75, 3.05) is 7.05 Å². The molecule has 2 aromatic carbocycles. The zero-order chi connectivity index (χ0) is 18.3. The molecule has 4 rings (SSSR count). The van der Waals surface area contributed by atoms with E-state index in [2.05, 4.69) is 48.6 Å². The van der Waals surface area contributed by atoms with E-state index < -0.39 is 0 Å². The van der Waals surface area contributed by atoms with Gasteiger partial charge in [-0.25, -0.2) is 4.39 Å². The summed E-state index contributed by atoms with van der Waals surface area (Å²) in [5, 5.41) is 1.40. The molecule has 0 radical (unpaired) electrons. The van der Waals surface area contributed by atoms with Crippen LogP contribution < -0.4 is 0 Å². The van der Waals surface area contributed by atoms with E-state index in [4.69, 9.17) is 0 Å². The first-order valence-corrected chi connectivity index (χ1v) is 9.64. The molecule has 0 bridgehead atoms. The Kier molecular flexibility index (Phi) is 4.58. The van der Waals surface area contributed by atoms with Gasteiger partial charge in [-0.05, 0) is 67.8 Å². The topological polar surface area (TPSA) is 8.17 Å². The van der Waals surface area contributed by atoms with Gasteiger partial charge in [-0.3, -0.25) is 4.90 Å². The van der Waals surface area contributed by atoms with Crippen LogP contribution in [0.1, 0.15) is 36.2 Å². The zero-order valence-corrected chi connectivity index (χ0v) is 15.9. The molecule has 0 fully saturated rings. The van der Waals surface area contributed by atoms with Crippen molar-refractivity contribution in [2.45, 2.75) is 52.2 Å². The van der Waals surface area contributed by atoms with Crippen LogP contribution in [0.25, 0.3) is 10.9 Å². The molecule has 2 heterocycles. The van der Waals surface area contributed by atoms with Crippen molar-refractivity contribution in [3.05, 3.63) is 70.7 Å². The monoisotopic (exact) mass is 350 g/mol. The Bertz CT molecular complexity index is 941. The third-order valence-electron chi connectivity index (χ3n) is 5.92. The Balaban J connectivity index is 1.76. The first-order chi connectivity index (χ1) is 12.6. The van der Waals surface area contributed by atoms with Crippen molar-refractivity contribution in [2.24, 2.45) is 0 Å². The van der Waals surface area contributed by atoms with E-state index in [0.29, 0.717) is 6.04 Å². The van der Waals surface area contributed by atoms with Crippen molar-refractivity contribution < 1.29 is 4.39 Å². The van der Waals surface area contributed by atoms with E-state index >= 15 is 0 Å². The normalized spacial score (nSPS) is 17.6. The summed E-state index contributed by atoms with van der Waals surface area (Å²) in [7, 11) is 2.22. The molecule has 1 unspecified atom stereocenters. The van der Waals surface area contributed by atoms with E-state index in [9.17, 15) is 4.39 Å². The molecule has 0 saturated carbocycles. The lowest BCUT2D eigenvalue weighted by Gasteiger charge is -2.31. The lowest BCUT2D eigenvalue weighted by atomic mass is 9.99. The van der Waals surface area contributed by atoms with Gasteiger partial charge in [0, 0.05) is 42.1 Å². The van der Waals surface area contributed by atoms with E-state index in [1.807, 2.05) is 6.07 Å². The Morgan fingerprint density at radius 2 is 1.96 bits per heavy atom. The van der Waals surface area contributed by atoms with Crippen molar-refractivity contribution in [3.8, 4) is 0 Å². The second kappa shape index (κ2) is 6.88. The predicted molar refractivity (Wildman–Crippen MR) is 106 cm³/mol. The van der Waals surface area contributed by atoms with Crippen LogP contribution in [0.2, 0.25) is 0 Å². The smallest absolute Gasteiger partial charge is 0.123 e. The third-order valence-corrected chi connectivity index (χ3v) is 5.92. The number of nitrogens with zero attached hydrogens (tertiary/aromatic N) is 2. The van der Waals surface area contributed by atoms with Crippen LogP contribution in [0, 0.1) is 5.82 Å². The third kappa shape index (κ3) is 3.05. The van der Waals surface area contributed by atoms with Gasteiger partial charge in [-0.2, -0.15) is 0 Å². The molecular formula is C23H27FN2. The molecule has 1 aromatic heterocycles. The second-order valence-corrected chi connectivity index (χ2v) is 7.63. The molecule has 0 amide bonds. The summed E-state index contributed by atoms with van der Waals surface area (Å²) in [6.07, 6.45) is 2.99. The first-order valence-electron chi connectivity index (χ1n) is 9.64. The molecule has 0 aliphatic carbocycles. The van der Waals surface area contributed by atoms with Crippen LogP contribution >= 0.6 is 0 Å². The molecule has 136 valence electrons. The van der Waals surface area contributed by atoms with E-state index in [1.165, 1.54) is 33.8 Å². The summed E-state index contributed by atoms with van der Waals surface area (Å²) < 4.78 is 16.0. The standard InChI is InChI=1S/C23H27FN2/c1-4-17-8-9-22-20(14-17)21-15-25(3)16(2)12-23(21)26(22)11-10-18-6-5-7-19(24)13-18/h5-9,13-14,16H,4,10-12,15H2,1-3H3. The number of benzene rings is 2. The van der Waals surface area contributed by atoms with Crippen LogP contribution in [0.15, 0.2) is 42.5 Å². The van der Waals surface area contributed by atoms with Crippen LogP contribution in [-0.2, 0) is 32.4 Å². The fourth-order valence-corrected chi connectivity index (χ4v) is 4.18. The lowest BCUT2D eigenvalue weighted by Crippen LogP contribution is -2.35. The van der Waals surface area contributed by atoms with E-state index in [1.54, 1.807) is 12.1 Å². The van der Waals surface area contributed by atoms with Gasteiger partial charge in [0.15, 0.2) is 0 Å². The molecule has 0 N–H and O–H groups in total. The maximum Gasteiger partial charge on any atom is 0.123 e. The Labute approximate surface area is 155 Å². The Hall–Kier alpha value is -2.13. The van der Waals surface area contributed by atoms with E-state index in [-0.39, 0.29) is 5.82 Å². The number of aryl methyl sites for hydroxylation is 3. The molecule has 3 heteroatoms. The van der Waals surface area contributed by atoms with Crippen molar-refractivity contribution in [1.29, 1.82) is 0 Å². The Morgan fingerprint density at radius 3 is 2.73 bits per heavy atom. The van der Waals surface area contributed by atoms with E-state index in [0.717, 1.165) is 37.9 Å². The van der Waals surface area contributed by atoms with Crippen LogP contribution in [0.3, 0.4) is 0 Å². The van der Waals surface area contributed by atoms with Gasteiger partial charge < -0.3 is 4.57 Å². The van der Waals surface area contributed by atoms with Gasteiger partial charge in [0.1, 0.15) is 5.82 Å². The number of aromatic nitrogens is 1. The maximum absolute atomic E-state index is 13.5. The van der Waals surface area contributed by atoms with Gasteiger partial charge in [0.2, 0.25) is 0 Å². The number of halogens is 1. The van der Waals surface area contributed by atoms with Crippen molar-refractivity contribution in [1.82, 2.24) is 9.47 Å². The number of hydrogen-bond donors (Lipinski definition) is 0. The molecule has 0 saturated heterocycles. The number of fused-ring (bicyclic) bond motifs is 3. The average Bonchev–Trinajstić information content (AvgIpc) is 2.92. The molecule has 26 heavy (non-hydrogen) atoms. The molecule has 1 aliphatic rings. The number of likely N-dealkylation sites (N-methyl/N-ethyl adjacent to an activating group) is 1. The largest absolute Gasteiger partial charge is 0.344 e. The zero-order valence-electron chi connectivity index (χ0n) is 15.9. The highest BCUT2D eigenvalue weighted by Gasteiger charge is 2.26. The molecule has 0 spiro atoms. The van der Waals surface area contributed by atoms with Crippen LogP contribution in [0.4, 0.5) is 4.39 Å². The van der Waals surface area contributed by atoms with Gasteiger partial charge in [-0.1, -0.05) is 25.1 Å². The minimum absolute atomic E-state index is 0.148. The minimum Gasteiger partial charge on any atom is -0.344 e. The highest BCUT2D eigenvalue weighted by Crippen LogP contribution is 2.33. The number of rotatable bonds is 4. The predicted octanol–water partition coefficient (Wildman–Crippen LogP) is 4.96. The van der Waals surface area contributed by atoms with Gasteiger partial charge in [0.25, 0.3) is 0 Å². The summed E-state index contributed by atoms with van der Waals surface area (Å²) in [6.45, 7) is 6.42. The average molecular weight is 350 g/mol. The van der Waals surface area contributed by atoms with Crippen molar-refractivity contribution in [3.63, 3.8) is 0 Å². The summed E-state index contributed by atoms with van der Waals surface area (Å²) in [4.78, 5) is 2.44. The minimum atomic E-state index is -0.148. The van der Waals surface area contributed by atoms with Crippen LogP contribution in [-0.4, -0.2) is 22.6 Å². The summed E-state index contributed by atoms with van der Waals surface area (Å²) in [5.41, 5.74) is 6.73. The molecular weight excluding hydrogens is 323 g/mol. The van der Waals surface area contributed by atoms with Gasteiger partial charge in [0.05, 0.1) is 0 Å². The quantitative estimate of drug-likeness (QED) is 0.645. The summed E-state index contributed by atoms with van der Waals surface area (Å²) in [6, 6.07) is 14.4. The van der Waals surface area contributed by atoms with Crippen molar-refractivity contribution >= 4 is 10.9 Å². The van der Waals surface area contributed by atoms with Gasteiger partial charge in [-0.15, -0.1) is 0 Å². The van der Waals surface area contributed by atoms with Gasteiger partial charge >= 0.3 is 0 Å². The molecule has 2 nitrogen and oxygen atoms in total. The highest BCUT2D eigenvalue weighted by molar-refractivity contribution is 5.86. The molecule has 1 atom stereocenters. The maximum atomic E-state index is 13.5. The molecule has 1 aliphatic heterocycles.